The van der Waals surface area contributed by atoms with E-state index in [-0.39, 0.29) is 0 Å². The molecule has 17 heavy (non-hydrogen) atoms. The van der Waals surface area contributed by atoms with Gasteiger partial charge in [0.2, 0.25) is 0 Å². The molecule has 2 heterocycles. The molecule has 0 fully saturated rings. The lowest BCUT2D eigenvalue weighted by Crippen LogP contribution is -2.14. The lowest BCUT2D eigenvalue weighted by Gasteiger charge is -2.09. The van der Waals surface area contributed by atoms with E-state index in [2.05, 4.69) is 10.1 Å². The average molecular weight is 246 g/mol. The first-order chi connectivity index (χ1) is 8.02. The fourth-order valence-electron chi connectivity index (χ4n) is 1.72. The van der Waals surface area contributed by atoms with Crippen LogP contribution in [0.4, 0.5) is 0 Å². The van der Waals surface area contributed by atoms with Crippen LogP contribution in [0.25, 0.3) is 5.69 Å². The van der Waals surface area contributed by atoms with Gasteiger partial charge < -0.3 is 5.73 Å². The number of nitrogens with two attached hydrogens (primary N) is 1. The molecule has 0 aliphatic rings. The number of hydrogen-bond donors (Lipinski definition) is 1. The van der Waals surface area contributed by atoms with Crippen LogP contribution in [-0.4, -0.2) is 19.8 Å². The molecule has 0 saturated heterocycles. The summed E-state index contributed by atoms with van der Waals surface area (Å²) in [6.07, 6.45) is 3.41. The number of thiocarbonyl (C=S) groups is 1. The number of rotatable bonds is 2. The molecular weight excluding hydrogens is 232 g/mol. The van der Waals surface area contributed by atoms with Gasteiger partial charge in [-0.25, -0.2) is 4.68 Å². The topological polar surface area (TPSA) is 56.7 Å². The van der Waals surface area contributed by atoms with E-state index in [0.717, 1.165) is 22.6 Å². The molecule has 2 aromatic heterocycles. The number of nitrogens with zero attached hydrogens (tertiary/aromatic N) is 3. The third-order valence-corrected chi connectivity index (χ3v) is 3.17. The predicted octanol–water partition coefficient (Wildman–Crippen LogP) is 1.83. The average Bonchev–Trinajstić information content (AvgIpc) is 2.57. The highest BCUT2D eigenvalue weighted by Crippen LogP contribution is 2.19. The van der Waals surface area contributed by atoms with E-state index in [0.29, 0.717) is 4.99 Å². The minimum absolute atomic E-state index is 0.354. The molecule has 2 rings (SSSR count). The summed E-state index contributed by atoms with van der Waals surface area (Å²) < 4.78 is 1.84. The largest absolute Gasteiger partial charge is 0.389 e. The Hall–Kier alpha value is -1.75. The second kappa shape index (κ2) is 4.25. The Morgan fingerprint density at radius 1 is 1.35 bits per heavy atom. The molecule has 5 heteroatoms. The van der Waals surface area contributed by atoms with Gasteiger partial charge in [0.15, 0.2) is 0 Å². The summed E-state index contributed by atoms with van der Waals surface area (Å²) in [5.41, 5.74) is 10.6. The van der Waals surface area contributed by atoms with Crippen molar-refractivity contribution in [1.29, 1.82) is 0 Å². The Bertz CT molecular complexity index is 586. The van der Waals surface area contributed by atoms with Crippen molar-refractivity contribution in [2.45, 2.75) is 20.8 Å². The van der Waals surface area contributed by atoms with E-state index in [1.165, 1.54) is 5.56 Å². The highest BCUT2D eigenvalue weighted by molar-refractivity contribution is 7.80. The zero-order valence-corrected chi connectivity index (χ0v) is 10.9. The van der Waals surface area contributed by atoms with Crippen LogP contribution in [0.1, 0.15) is 22.5 Å². The van der Waals surface area contributed by atoms with Crippen molar-refractivity contribution < 1.29 is 0 Å². The van der Waals surface area contributed by atoms with Gasteiger partial charge in [-0.3, -0.25) is 4.98 Å². The van der Waals surface area contributed by atoms with E-state index in [1.807, 2.05) is 31.5 Å². The van der Waals surface area contributed by atoms with E-state index in [4.69, 9.17) is 18.0 Å². The van der Waals surface area contributed by atoms with Gasteiger partial charge in [0.05, 0.1) is 17.6 Å². The zero-order chi connectivity index (χ0) is 12.6. The molecule has 0 spiro atoms. The molecule has 0 unspecified atom stereocenters. The Morgan fingerprint density at radius 3 is 2.59 bits per heavy atom. The van der Waals surface area contributed by atoms with Crippen molar-refractivity contribution in [2.75, 3.05) is 0 Å². The molecule has 0 aliphatic heterocycles. The minimum atomic E-state index is 0.354. The second-order valence-corrected chi connectivity index (χ2v) is 4.40. The molecule has 0 amide bonds. The van der Waals surface area contributed by atoms with E-state index >= 15 is 0 Å². The number of aryl methyl sites for hydroxylation is 1. The van der Waals surface area contributed by atoms with Crippen LogP contribution >= 0.6 is 12.2 Å². The highest BCUT2D eigenvalue weighted by atomic mass is 32.1. The van der Waals surface area contributed by atoms with Crippen molar-refractivity contribution >= 4 is 17.2 Å². The standard InChI is InChI=1S/C12H14N4S/c1-7-8(2)15-16(9(7)3)11-6-14-5-4-10(11)12(13)17/h4-6H,1-3H3,(H2,13,17). The Morgan fingerprint density at radius 2 is 2.06 bits per heavy atom. The van der Waals surface area contributed by atoms with Crippen molar-refractivity contribution in [2.24, 2.45) is 5.73 Å². The third kappa shape index (κ3) is 1.93. The maximum Gasteiger partial charge on any atom is 0.106 e. The lowest BCUT2D eigenvalue weighted by molar-refractivity contribution is 0.826. The highest BCUT2D eigenvalue weighted by Gasteiger charge is 2.13. The molecule has 88 valence electrons. The van der Waals surface area contributed by atoms with Crippen LogP contribution in [0.3, 0.4) is 0 Å². The molecule has 4 nitrogen and oxygen atoms in total. The first-order valence-electron chi connectivity index (χ1n) is 5.29. The Kier molecular flexibility index (Phi) is 2.93. The van der Waals surface area contributed by atoms with E-state index in [9.17, 15) is 0 Å². The van der Waals surface area contributed by atoms with Crippen molar-refractivity contribution in [3.8, 4) is 5.69 Å². The summed E-state index contributed by atoms with van der Waals surface area (Å²) in [6, 6.07) is 1.81. The van der Waals surface area contributed by atoms with Gasteiger partial charge in [0.1, 0.15) is 4.99 Å². The molecule has 0 aromatic carbocycles. The third-order valence-electron chi connectivity index (χ3n) is 2.95. The maximum atomic E-state index is 5.71. The molecule has 2 N–H and O–H groups in total. The SMILES string of the molecule is Cc1nn(-c2cnccc2C(N)=S)c(C)c1C. The number of pyridine rings is 1. The van der Waals surface area contributed by atoms with Crippen LogP contribution in [-0.2, 0) is 0 Å². The van der Waals surface area contributed by atoms with Crippen LogP contribution in [0.5, 0.6) is 0 Å². The molecule has 0 atom stereocenters. The van der Waals surface area contributed by atoms with Gasteiger partial charge in [0.25, 0.3) is 0 Å². The van der Waals surface area contributed by atoms with Crippen LogP contribution in [0, 0.1) is 20.8 Å². The smallest absolute Gasteiger partial charge is 0.106 e. The van der Waals surface area contributed by atoms with Crippen molar-refractivity contribution in [3.05, 3.63) is 41.0 Å². The summed E-state index contributed by atoms with van der Waals surface area (Å²) in [7, 11) is 0. The summed E-state index contributed by atoms with van der Waals surface area (Å²) >= 11 is 5.04. The zero-order valence-electron chi connectivity index (χ0n) is 10.1. The number of hydrogen-bond acceptors (Lipinski definition) is 3. The first-order valence-corrected chi connectivity index (χ1v) is 5.70. The minimum Gasteiger partial charge on any atom is -0.389 e. The summed E-state index contributed by atoms with van der Waals surface area (Å²) in [5.74, 6) is 0. The van der Waals surface area contributed by atoms with Crippen LogP contribution in [0.15, 0.2) is 18.5 Å². The molecule has 2 aromatic rings. The quantitative estimate of drug-likeness (QED) is 0.821. The molecule has 0 radical (unpaired) electrons. The fraction of sp³-hybridized carbons (Fsp3) is 0.250. The summed E-state index contributed by atoms with van der Waals surface area (Å²) in [4.78, 5) is 4.46. The van der Waals surface area contributed by atoms with Crippen LogP contribution < -0.4 is 5.73 Å². The number of aromatic nitrogens is 3. The monoisotopic (exact) mass is 246 g/mol. The predicted molar refractivity (Wildman–Crippen MR) is 71.5 cm³/mol. The second-order valence-electron chi connectivity index (χ2n) is 3.96. The molecule has 0 aliphatic carbocycles. The van der Waals surface area contributed by atoms with Crippen molar-refractivity contribution in [3.63, 3.8) is 0 Å². The molecule has 0 saturated carbocycles. The fourth-order valence-corrected chi connectivity index (χ4v) is 1.89. The Labute approximate surface area is 105 Å². The van der Waals surface area contributed by atoms with Gasteiger partial charge in [-0.15, -0.1) is 0 Å². The van der Waals surface area contributed by atoms with Gasteiger partial charge in [-0.05, 0) is 32.4 Å². The van der Waals surface area contributed by atoms with Gasteiger partial charge in [-0.1, -0.05) is 12.2 Å². The van der Waals surface area contributed by atoms with Crippen molar-refractivity contribution in [1.82, 2.24) is 14.8 Å². The molecular formula is C12H14N4S. The van der Waals surface area contributed by atoms with E-state index in [1.54, 1.807) is 12.4 Å². The lowest BCUT2D eigenvalue weighted by atomic mass is 10.2. The first kappa shape index (κ1) is 11.7. The molecule has 0 bridgehead atoms. The van der Waals surface area contributed by atoms with Gasteiger partial charge in [0, 0.05) is 17.5 Å². The van der Waals surface area contributed by atoms with Gasteiger partial charge in [-0.2, -0.15) is 5.10 Å². The summed E-state index contributed by atoms with van der Waals surface area (Å²) in [6.45, 7) is 6.05. The summed E-state index contributed by atoms with van der Waals surface area (Å²) in [5, 5.41) is 4.48. The van der Waals surface area contributed by atoms with Crippen LogP contribution in [0.2, 0.25) is 0 Å². The normalized spacial score (nSPS) is 10.5. The maximum absolute atomic E-state index is 5.71. The van der Waals surface area contributed by atoms with E-state index < -0.39 is 0 Å². The van der Waals surface area contributed by atoms with Gasteiger partial charge >= 0.3 is 0 Å². The Balaban J connectivity index is 2.68.